The molecule has 0 atom stereocenters. The molecule has 0 fully saturated rings. The van der Waals surface area contributed by atoms with E-state index < -0.39 is 5.69 Å². The molecule has 3 heterocycles. The number of aromatic amines is 1. The Balaban J connectivity index is 1.63. The smallest absolute Gasteiger partial charge is 0.346 e. The topological polar surface area (TPSA) is 97.7 Å². The second-order valence-electron chi connectivity index (χ2n) is 6.42. The van der Waals surface area contributed by atoms with Gasteiger partial charge in [-0.1, -0.05) is 0 Å². The standard InChI is InChI=1S/C20H19N3O5/c1-26-17-8-12-5-6-23(11-13(12)9-18(17)27-2)19(24)15-10-14(21-20(25)22-15)16-4-3-7-28-16/h3-4,7-10H,5-6,11H2,1-2H3,(H,21,22,25). The van der Waals surface area contributed by atoms with Crippen molar-refractivity contribution in [3.63, 3.8) is 0 Å². The molecule has 1 aliphatic rings. The molecule has 1 amide bonds. The average molecular weight is 381 g/mol. The molecule has 28 heavy (non-hydrogen) atoms. The van der Waals surface area contributed by atoms with Gasteiger partial charge in [-0.15, -0.1) is 0 Å². The van der Waals surface area contributed by atoms with Crippen molar-refractivity contribution in [1.82, 2.24) is 14.9 Å². The first-order chi connectivity index (χ1) is 13.6. The third-order valence-electron chi connectivity index (χ3n) is 4.76. The maximum atomic E-state index is 13.0. The lowest BCUT2D eigenvalue weighted by molar-refractivity contribution is 0.0728. The molecule has 0 radical (unpaired) electrons. The van der Waals surface area contributed by atoms with Crippen LogP contribution in [-0.2, 0) is 13.0 Å². The van der Waals surface area contributed by atoms with Crippen LogP contribution in [-0.4, -0.2) is 41.5 Å². The number of nitrogens with one attached hydrogen (secondary N) is 1. The van der Waals surface area contributed by atoms with Gasteiger partial charge in [-0.25, -0.2) is 4.79 Å². The summed E-state index contributed by atoms with van der Waals surface area (Å²) < 4.78 is 16.0. The van der Waals surface area contributed by atoms with Crippen molar-refractivity contribution < 1.29 is 18.7 Å². The number of carbonyl (C=O) groups is 1. The van der Waals surface area contributed by atoms with Crippen molar-refractivity contribution in [1.29, 1.82) is 0 Å². The van der Waals surface area contributed by atoms with Crippen LogP contribution in [0.4, 0.5) is 0 Å². The van der Waals surface area contributed by atoms with Gasteiger partial charge in [0.15, 0.2) is 11.5 Å². The number of rotatable bonds is 4. The van der Waals surface area contributed by atoms with Crippen molar-refractivity contribution >= 4 is 5.91 Å². The molecule has 0 spiro atoms. The summed E-state index contributed by atoms with van der Waals surface area (Å²) in [6.45, 7) is 0.922. The van der Waals surface area contributed by atoms with Crippen LogP contribution in [0, 0.1) is 0 Å². The fourth-order valence-electron chi connectivity index (χ4n) is 3.35. The molecule has 4 rings (SSSR count). The van der Waals surface area contributed by atoms with E-state index in [4.69, 9.17) is 13.9 Å². The average Bonchev–Trinajstić information content (AvgIpc) is 3.26. The first kappa shape index (κ1) is 17.8. The zero-order chi connectivity index (χ0) is 19.7. The summed E-state index contributed by atoms with van der Waals surface area (Å²) in [6.07, 6.45) is 2.18. The lowest BCUT2D eigenvalue weighted by Gasteiger charge is -2.29. The number of carbonyl (C=O) groups excluding carboxylic acids is 1. The summed E-state index contributed by atoms with van der Waals surface area (Å²) in [5, 5.41) is 0. The highest BCUT2D eigenvalue weighted by Gasteiger charge is 2.25. The van der Waals surface area contributed by atoms with E-state index in [0.29, 0.717) is 42.5 Å². The molecular weight excluding hydrogens is 362 g/mol. The number of furan rings is 1. The fraction of sp³-hybridized carbons (Fsp3) is 0.250. The first-order valence-electron chi connectivity index (χ1n) is 8.77. The van der Waals surface area contributed by atoms with Crippen LogP contribution in [0.3, 0.4) is 0 Å². The maximum absolute atomic E-state index is 13.0. The molecule has 0 unspecified atom stereocenters. The zero-order valence-electron chi connectivity index (χ0n) is 15.5. The largest absolute Gasteiger partial charge is 0.493 e. The highest BCUT2D eigenvalue weighted by molar-refractivity contribution is 5.93. The summed E-state index contributed by atoms with van der Waals surface area (Å²) in [5.74, 6) is 1.44. The Morgan fingerprint density at radius 1 is 1.18 bits per heavy atom. The van der Waals surface area contributed by atoms with E-state index in [2.05, 4.69) is 9.97 Å². The molecule has 144 valence electrons. The molecule has 8 nitrogen and oxygen atoms in total. The van der Waals surface area contributed by atoms with Crippen LogP contribution in [0.1, 0.15) is 21.6 Å². The molecule has 2 aromatic heterocycles. The van der Waals surface area contributed by atoms with Crippen LogP contribution < -0.4 is 15.2 Å². The Hall–Kier alpha value is -3.55. The molecule has 3 aromatic rings. The van der Waals surface area contributed by atoms with Gasteiger partial charge in [-0.2, -0.15) is 4.98 Å². The van der Waals surface area contributed by atoms with Gasteiger partial charge in [0.2, 0.25) is 0 Å². The van der Waals surface area contributed by atoms with Crippen LogP contribution in [0.5, 0.6) is 11.5 Å². The molecule has 8 heteroatoms. The van der Waals surface area contributed by atoms with E-state index in [9.17, 15) is 9.59 Å². The van der Waals surface area contributed by atoms with E-state index in [0.717, 1.165) is 11.1 Å². The second kappa shape index (κ2) is 7.22. The van der Waals surface area contributed by atoms with Gasteiger partial charge in [0, 0.05) is 13.1 Å². The molecular formula is C20H19N3O5. The molecule has 0 aliphatic carbocycles. The molecule has 1 aliphatic heterocycles. The molecule has 1 aromatic carbocycles. The maximum Gasteiger partial charge on any atom is 0.346 e. The SMILES string of the molecule is COc1cc2c(cc1OC)CN(C(=O)c1cc(-c3ccco3)[nH]c(=O)n1)CC2. The lowest BCUT2D eigenvalue weighted by Crippen LogP contribution is -2.37. The van der Waals surface area contributed by atoms with Crippen LogP contribution >= 0.6 is 0 Å². The van der Waals surface area contributed by atoms with Crippen LogP contribution in [0.15, 0.2) is 45.8 Å². The fourth-order valence-corrected chi connectivity index (χ4v) is 3.35. The Kier molecular flexibility index (Phi) is 4.60. The van der Waals surface area contributed by atoms with E-state index >= 15 is 0 Å². The highest BCUT2D eigenvalue weighted by Crippen LogP contribution is 2.33. The summed E-state index contributed by atoms with van der Waals surface area (Å²) in [5.41, 5.74) is 1.99. The van der Waals surface area contributed by atoms with Crippen LogP contribution in [0.25, 0.3) is 11.5 Å². The normalized spacial score (nSPS) is 13.1. The number of hydrogen-bond donors (Lipinski definition) is 1. The molecule has 0 bridgehead atoms. The second-order valence-corrected chi connectivity index (χ2v) is 6.42. The number of amides is 1. The number of methoxy groups -OCH3 is 2. The van der Waals surface area contributed by atoms with E-state index in [1.54, 1.807) is 31.3 Å². The van der Waals surface area contributed by atoms with E-state index in [-0.39, 0.29) is 11.6 Å². The number of aromatic nitrogens is 2. The third kappa shape index (κ3) is 3.24. The van der Waals surface area contributed by atoms with Crippen LogP contribution in [0.2, 0.25) is 0 Å². The Bertz CT molecular complexity index is 1070. The number of hydrogen-bond acceptors (Lipinski definition) is 6. The van der Waals surface area contributed by atoms with Gasteiger partial charge in [-0.05, 0) is 47.9 Å². The quantitative estimate of drug-likeness (QED) is 0.744. The number of nitrogens with zero attached hydrogens (tertiary/aromatic N) is 2. The Labute approximate surface area is 160 Å². The highest BCUT2D eigenvalue weighted by atomic mass is 16.5. The summed E-state index contributed by atoms with van der Waals surface area (Å²) in [6, 6.07) is 8.77. The first-order valence-corrected chi connectivity index (χ1v) is 8.77. The van der Waals surface area contributed by atoms with Gasteiger partial charge in [0.1, 0.15) is 11.5 Å². The minimum atomic E-state index is -0.596. The lowest BCUT2D eigenvalue weighted by atomic mass is 9.98. The van der Waals surface area contributed by atoms with Crippen molar-refractivity contribution in [2.24, 2.45) is 0 Å². The predicted octanol–water partition coefficient (Wildman–Crippen LogP) is 2.25. The zero-order valence-corrected chi connectivity index (χ0v) is 15.5. The minimum absolute atomic E-state index is 0.0825. The van der Waals surface area contributed by atoms with E-state index in [1.165, 1.54) is 12.3 Å². The number of benzene rings is 1. The van der Waals surface area contributed by atoms with Crippen molar-refractivity contribution in [2.75, 3.05) is 20.8 Å². The van der Waals surface area contributed by atoms with Crippen molar-refractivity contribution in [3.05, 3.63) is 63.9 Å². The van der Waals surface area contributed by atoms with Gasteiger partial charge < -0.3 is 23.8 Å². The number of ether oxygens (including phenoxy) is 2. The Morgan fingerprint density at radius 2 is 1.93 bits per heavy atom. The summed E-state index contributed by atoms with van der Waals surface area (Å²) in [7, 11) is 3.17. The number of fused-ring (bicyclic) bond motifs is 1. The third-order valence-corrected chi connectivity index (χ3v) is 4.76. The predicted molar refractivity (Wildman–Crippen MR) is 101 cm³/mol. The van der Waals surface area contributed by atoms with Gasteiger partial charge in [-0.3, -0.25) is 4.79 Å². The van der Waals surface area contributed by atoms with Gasteiger partial charge >= 0.3 is 5.69 Å². The van der Waals surface area contributed by atoms with E-state index in [1.807, 2.05) is 12.1 Å². The minimum Gasteiger partial charge on any atom is -0.493 e. The molecule has 1 N–H and O–H groups in total. The van der Waals surface area contributed by atoms with Gasteiger partial charge in [0.25, 0.3) is 5.91 Å². The summed E-state index contributed by atoms with van der Waals surface area (Å²) >= 11 is 0. The van der Waals surface area contributed by atoms with Crippen molar-refractivity contribution in [2.45, 2.75) is 13.0 Å². The van der Waals surface area contributed by atoms with Crippen molar-refractivity contribution in [3.8, 4) is 23.0 Å². The van der Waals surface area contributed by atoms with Gasteiger partial charge in [0.05, 0.1) is 26.2 Å². The molecule has 0 saturated heterocycles. The Morgan fingerprint density at radius 3 is 2.61 bits per heavy atom. The monoisotopic (exact) mass is 381 g/mol. The molecule has 0 saturated carbocycles. The summed E-state index contributed by atoms with van der Waals surface area (Å²) in [4.78, 5) is 33.0. The number of H-pyrrole nitrogens is 1.